The van der Waals surface area contributed by atoms with E-state index in [1.165, 1.54) is 17.8 Å². The normalized spacial score (nSPS) is 10.4. The summed E-state index contributed by atoms with van der Waals surface area (Å²) in [6.07, 6.45) is 0.590. The first-order valence-corrected chi connectivity index (χ1v) is 7.35. The van der Waals surface area contributed by atoms with Crippen molar-refractivity contribution in [3.63, 3.8) is 0 Å². The van der Waals surface area contributed by atoms with Gasteiger partial charge in [0.1, 0.15) is 0 Å². The van der Waals surface area contributed by atoms with Gasteiger partial charge >= 0.3 is 0 Å². The van der Waals surface area contributed by atoms with Crippen LogP contribution in [-0.2, 0) is 6.42 Å². The Bertz CT molecular complexity index is 614. The molecule has 0 aliphatic carbocycles. The number of nitrogens with zero attached hydrogens (tertiary/aromatic N) is 1. The predicted octanol–water partition coefficient (Wildman–Crippen LogP) is 4.17. The lowest BCUT2D eigenvalue weighted by atomic mass is 10.1. The highest BCUT2D eigenvalue weighted by molar-refractivity contribution is 7.99. The number of thioether (sulfide) groups is 1. The van der Waals surface area contributed by atoms with Gasteiger partial charge in [0.05, 0.1) is 9.95 Å². The molecule has 0 saturated heterocycles. The Hall–Kier alpha value is -1.72. The molecule has 0 radical (unpaired) electrons. The van der Waals surface area contributed by atoms with Crippen LogP contribution in [0.1, 0.15) is 5.56 Å². The molecule has 20 heavy (non-hydrogen) atoms. The number of benzene rings is 2. The molecule has 0 spiro atoms. The average molecular weight is 309 g/mol. The van der Waals surface area contributed by atoms with Crippen molar-refractivity contribution in [3.8, 4) is 0 Å². The molecular formula is C14H13ClN2O2S. The molecule has 2 rings (SSSR count). The molecule has 0 bridgehead atoms. The zero-order valence-corrected chi connectivity index (χ0v) is 12.2. The van der Waals surface area contributed by atoms with Crippen LogP contribution in [0, 0.1) is 10.1 Å². The molecular weight excluding hydrogens is 296 g/mol. The molecule has 2 N–H and O–H groups in total. The third-order valence-corrected chi connectivity index (χ3v) is 4.38. The maximum absolute atomic E-state index is 10.9. The lowest BCUT2D eigenvalue weighted by Gasteiger charge is -2.07. The molecule has 0 aliphatic heterocycles. The first-order valence-electron chi connectivity index (χ1n) is 5.98. The van der Waals surface area contributed by atoms with Gasteiger partial charge in [-0.15, -0.1) is 11.8 Å². The highest BCUT2D eigenvalue weighted by Gasteiger charge is 2.12. The first kappa shape index (κ1) is 14.7. The van der Waals surface area contributed by atoms with Crippen molar-refractivity contribution in [2.75, 3.05) is 11.5 Å². The summed E-state index contributed by atoms with van der Waals surface area (Å²) < 4.78 is 0. The van der Waals surface area contributed by atoms with Crippen molar-refractivity contribution < 1.29 is 4.92 Å². The van der Waals surface area contributed by atoms with Crippen LogP contribution in [-0.4, -0.2) is 10.7 Å². The molecule has 2 aromatic rings. The molecule has 0 heterocycles. The van der Waals surface area contributed by atoms with E-state index in [2.05, 4.69) is 0 Å². The minimum absolute atomic E-state index is 0.153. The van der Waals surface area contributed by atoms with Gasteiger partial charge < -0.3 is 5.73 Å². The van der Waals surface area contributed by atoms with Crippen LogP contribution in [0.3, 0.4) is 0 Å². The van der Waals surface area contributed by atoms with Crippen molar-refractivity contribution in [2.24, 2.45) is 0 Å². The maximum Gasteiger partial charge on any atom is 0.272 e. The second-order valence-electron chi connectivity index (χ2n) is 4.14. The lowest BCUT2D eigenvalue weighted by Crippen LogP contribution is -1.97. The van der Waals surface area contributed by atoms with Gasteiger partial charge in [0.2, 0.25) is 0 Å². The van der Waals surface area contributed by atoms with Crippen LogP contribution < -0.4 is 5.73 Å². The summed E-state index contributed by atoms with van der Waals surface area (Å²) >= 11 is 7.59. The van der Waals surface area contributed by atoms with Crippen LogP contribution in [0.5, 0.6) is 0 Å². The zero-order valence-electron chi connectivity index (χ0n) is 10.6. The fourth-order valence-corrected chi connectivity index (χ4v) is 3.15. The molecule has 2 aromatic carbocycles. The SMILES string of the molecule is Nc1cccc(Cl)c1SCCc1ccccc1[N+](=O)[O-]. The Balaban J connectivity index is 2.05. The molecule has 0 unspecified atom stereocenters. The van der Waals surface area contributed by atoms with E-state index in [-0.39, 0.29) is 10.6 Å². The first-order chi connectivity index (χ1) is 9.59. The zero-order chi connectivity index (χ0) is 14.5. The molecule has 4 nitrogen and oxygen atoms in total. The molecule has 0 aromatic heterocycles. The van der Waals surface area contributed by atoms with Crippen molar-refractivity contribution >= 4 is 34.7 Å². The van der Waals surface area contributed by atoms with Gasteiger partial charge in [0.25, 0.3) is 5.69 Å². The Morgan fingerprint density at radius 2 is 1.95 bits per heavy atom. The Morgan fingerprint density at radius 3 is 2.65 bits per heavy atom. The van der Waals surface area contributed by atoms with Crippen LogP contribution in [0.15, 0.2) is 47.4 Å². The molecule has 6 heteroatoms. The lowest BCUT2D eigenvalue weighted by molar-refractivity contribution is -0.385. The summed E-state index contributed by atoms with van der Waals surface area (Å²) in [5, 5.41) is 11.5. The maximum atomic E-state index is 10.9. The van der Waals surface area contributed by atoms with E-state index in [0.29, 0.717) is 22.9 Å². The average Bonchev–Trinajstić information content (AvgIpc) is 2.42. The standard InChI is InChI=1S/C14H13ClN2O2S/c15-11-5-3-6-12(16)14(11)20-9-8-10-4-1-2-7-13(10)17(18)19/h1-7H,8-9,16H2. The van der Waals surface area contributed by atoms with Gasteiger partial charge in [0.15, 0.2) is 0 Å². The van der Waals surface area contributed by atoms with Gasteiger partial charge in [-0.25, -0.2) is 0 Å². The van der Waals surface area contributed by atoms with E-state index >= 15 is 0 Å². The monoisotopic (exact) mass is 308 g/mol. The summed E-state index contributed by atoms with van der Waals surface area (Å²) in [7, 11) is 0. The fourth-order valence-electron chi connectivity index (χ4n) is 1.84. The summed E-state index contributed by atoms with van der Waals surface area (Å²) in [6.45, 7) is 0. The number of hydrogen-bond donors (Lipinski definition) is 1. The highest BCUT2D eigenvalue weighted by atomic mass is 35.5. The van der Waals surface area contributed by atoms with Crippen molar-refractivity contribution in [3.05, 3.63) is 63.2 Å². The number of anilines is 1. The minimum atomic E-state index is -0.357. The smallest absolute Gasteiger partial charge is 0.272 e. The Kier molecular flexibility index (Phi) is 4.87. The van der Waals surface area contributed by atoms with Gasteiger partial charge in [0, 0.05) is 28.0 Å². The van der Waals surface area contributed by atoms with E-state index in [0.717, 1.165) is 10.5 Å². The second kappa shape index (κ2) is 6.63. The molecule has 0 saturated carbocycles. The minimum Gasteiger partial charge on any atom is -0.398 e. The van der Waals surface area contributed by atoms with Crippen LogP contribution >= 0.6 is 23.4 Å². The van der Waals surface area contributed by atoms with Crippen LogP contribution in [0.2, 0.25) is 5.02 Å². The van der Waals surface area contributed by atoms with E-state index in [1.54, 1.807) is 36.4 Å². The number of hydrogen-bond acceptors (Lipinski definition) is 4. The summed E-state index contributed by atoms with van der Waals surface area (Å²) in [6, 6.07) is 12.1. The number of nitro groups is 1. The summed E-state index contributed by atoms with van der Waals surface area (Å²) in [4.78, 5) is 11.4. The van der Waals surface area contributed by atoms with E-state index in [9.17, 15) is 10.1 Å². The second-order valence-corrected chi connectivity index (χ2v) is 5.65. The molecule has 0 atom stereocenters. The summed E-state index contributed by atoms with van der Waals surface area (Å²) in [5.41, 5.74) is 7.37. The molecule has 0 amide bonds. The summed E-state index contributed by atoms with van der Waals surface area (Å²) in [5.74, 6) is 0.679. The predicted molar refractivity (Wildman–Crippen MR) is 83.4 cm³/mol. The quantitative estimate of drug-likeness (QED) is 0.389. The molecule has 0 fully saturated rings. The number of nitro benzene ring substituents is 1. The van der Waals surface area contributed by atoms with E-state index in [1.807, 2.05) is 0 Å². The van der Waals surface area contributed by atoms with Gasteiger partial charge in [-0.1, -0.05) is 35.9 Å². The van der Waals surface area contributed by atoms with E-state index in [4.69, 9.17) is 17.3 Å². The highest BCUT2D eigenvalue weighted by Crippen LogP contribution is 2.33. The van der Waals surface area contributed by atoms with Crippen LogP contribution in [0.4, 0.5) is 11.4 Å². The fraction of sp³-hybridized carbons (Fsp3) is 0.143. The third-order valence-electron chi connectivity index (χ3n) is 2.80. The number of halogens is 1. The van der Waals surface area contributed by atoms with E-state index < -0.39 is 0 Å². The van der Waals surface area contributed by atoms with Crippen molar-refractivity contribution in [2.45, 2.75) is 11.3 Å². The Morgan fingerprint density at radius 1 is 1.20 bits per heavy atom. The number of rotatable bonds is 5. The molecule has 104 valence electrons. The third kappa shape index (κ3) is 3.43. The number of aryl methyl sites for hydroxylation is 1. The van der Waals surface area contributed by atoms with Gasteiger partial charge in [-0.2, -0.15) is 0 Å². The van der Waals surface area contributed by atoms with Gasteiger partial charge in [-0.3, -0.25) is 10.1 Å². The number of nitrogen functional groups attached to an aromatic ring is 1. The number of para-hydroxylation sites is 1. The van der Waals surface area contributed by atoms with Crippen LogP contribution in [0.25, 0.3) is 0 Å². The topological polar surface area (TPSA) is 69.2 Å². The Labute approximate surface area is 126 Å². The molecule has 0 aliphatic rings. The van der Waals surface area contributed by atoms with Crippen molar-refractivity contribution in [1.82, 2.24) is 0 Å². The van der Waals surface area contributed by atoms with Crippen molar-refractivity contribution in [1.29, 1.82) is 0 Å². The largest absolute Gasteiger partial charge is 0.398 e. The number of nitrogens with two attached hydrogens (primary N) is 1. The van der Waals surface area contributed by atoms with Gasteiger partial charge in [-0.05, 0) is 18.6 Å².